The number of hydrogen-bond donors (Lipinski definition) is 3. The molecule has 0 saturated carbocycles. The van der Waals surface area contributed by atoms with Crippen molar-refractivity contribution in [2.75, 3.05) is 13.2 Å². The highest BCUT2D eigenvalue weighted by molar-refractivity contribution is 5.85. The monoisotopic (exact) mass is 168 g/mol. The molecule has 0 fully saturated rings. The average Bonchev–Trinajstić information content (AvgIpc) is 1.82. The number of rotatable bonds is 3. The van der Waals surface area contributed by atoms with Crippen molar-refractivity contribution in [3.05, 3.63) is 0 Å². The topological polar surface area (TPSA) is 75.4 Å². The summed E-state index contributed by atoms with van der Waals surface area (Å²) in [4.78, 5) is 10.6. The zero-order valence-electron chi connectivity index (χ0n) is 5.83. The molecule has 0 heterocycles. The van der Waals surface area contributed by atoms with E-state index >= 15 is 0 Å². The number of hydrogen-bond acceptors (Lipinski definition) is 3. The summed E-state index contributed by atoms with van der Waals surface area (Å²) in [5.74, 6) is -0.232. The highest BCUT2D eigenvalue weighted by Crippen LogP contribution is 1.72. The van der Waals surface area contributed by atoms with Crippen LogP contribution in [0, 0.1) is 0 Å². The minimum Gasteiger partial charge on any atom is -0.395 e. The molecule has 0 aromatic carbocycles. The van der Waals surface area contributed by atoms with E-state index in [-0.39, 0.29) is 31.5 Å². The van der Waals surface area contributed by atoms with Gasteiger partial charge in [0.25, 0.3) is 0 Å². The number of nitrogens with two attached hydrogens (primary N) is 1. The maximum Gasteiger partial charge on any atom is 0.236 e. The molecule has 5 heteroatoms. The van der Waals surface area contributed by atoms with Gasteiger partial charge in [0, 0.05) is 6.54 Å². The quantitative estimate of drug-likeness (QED) is 0.499. The third-order valence-electron chi connectivity index (χ3n) is 0.825. The van der Waals surface area contributed by atoms with Gasteiger partial charge >= 0.3 is 0 Å². The van der Waals surface area contributed by atoms with Crippen LogP contribution in [0.5, 0.6) is 0 Å². The molecule has 0 radical (unpaired) electrons. The van der Waals surface area contributed by atoms with Crippen LogP contribution >= 0.6 is 12.4 Å². The summed E-state index contributed by atoms with van der Waals surface area (Å²) in [5.41, 5.74) is 5.18. The smallest absolute Gasteiger partial charge is 0.236 e. The summed E-state index contributed by atoms with van der Waals surface area (Å²) in [6.45, 7) is 1.82. The van der Waals surface area contributed by atoms with Gasteiger partial charge in [0.1, 0.15) is 0 Å². The van der Waals surface area contributed by atoms with Crippen molar-refractivity contribution in [3.8, 4) is 0 Å². The van der Waals surface area contributed by atoms with Crippen molar-refractivity contribution >= 4 is 18.3 Å². The SMILES string of the molecule is C[C@H](N)C(=O)NCCO.Cl. The van der Waals surface area contributed by atoms with Crippen LogP contribution in [-0.2, 0) is 4.79 Å². The first-order valence-corrected chi connectivity index (χ1v) is 2.82. The Balaban J connectivity index is 0. The summed E-state index contributed by atoms with van der Waals surface area (Å²) in [7, 11) is 0. The number of halogens is 1. The maximum atomic E-state index is 10.6. The molecule has 1 amide bonds. The summed E-state index contributed by atoms with van der Waals surface area (Å²) in [6, 6.07) is -0.489. The Hall–Kier alpha value is -0.320. The van der Waals surface area contributed by atoms with E-state index in [0.717, 1.165) is 0 Å². The van der Waals surface area contributed by atoms with Gasteiger partial charge < -0.3 is 16.2 Å². The minimum absolute atomic E-state index is 0. The Labute approximate surface area is 66.2 Å². The fourth-order valence-electron chi connectivity index (χ4n) is 0.340. The van der Waals surface area contributed by atoms with Gasteiger partial charge in [-0.05, 0) is 6.92 Å². The summed E-state index contributed by atoms with van der Waals surface area (Å²) in [5, 5.41) is 10.7. The Morgan fingerprint density at radius 2 is 2.30 bits per heavy atom. The number of carbonyl (C=O) groups is 1. The molecule has 4 N–H and O–H groups in total. The molecular formula is C5H13ClN2O2. The first-order valence-electron chi connectivity index (χ1n) is 2.82. The van der Waals surface area contributed by atoms with Gasteiger partial charge in [-0.3, -0.25) is 4.79 Å². The van der Waals surface area contributed by atoms with E-state index in [0.29, 0.717) is 0 Å². The first kappa shape index (κ1) is 12.4. The van der Waals surface area contributed by atoms with E-state index in [1.807, 2.05) is 0 Å². The number of amides is 1. The van der Waals surface area contributed by atoms with Gasteiger partial charge in [-0.25, -0.2) is 0 Å². The number of aliphatic hydroxyl groups is 1. The molecule has 4 nitrogen and oxygen atoms in total. The lowest BCUT2D eigenvalue weighted by molar-refractivity contribution is -0.122. The Kier molecular flexibility index (Phi) is 8.40. The molecule has 10 heavy (non-hydrogen) atoms. The highest BCUT2D eigenvalue weighted by Gasteiger charge is 2.03. The van der Waals surface area contributed by atoms with E-state index in [9.17, 15) is 4.79 Å². The zero-order valence-corrected chi connectivity index (χ0v) is 6.65. The molecule has 62 valence electrons. The summed E-state index contributed by atoms with van der Waals surface area (Å²) in [6.07, 6.45) is 0. The lowest BCUT2D eigenvalue weighted by Crippen LogP contribution is -2.39. The van der Waals surface area contributed by atoms with Gasteiger partial charge in [-0.2, -0.15) is 0 Å². The fraction of sp³-hybridized carbons (Fsp3) is 0.800. The Morgan fingerprint density at radius 3 is 2.60 bits per heavy atom. The van der Waals surface area contributed by atoms with Crippen LogP contribution in [0.25, 0.3) is 0 Å². The van der Waals surface area contributed by atoms with Gasteiger partial charge in [0.2, 0.25) is 5.91 Å². The van der Waals surface area contributed by atoms with Crippen LogP contribution in [0.4, 0.5) is 0 Å². The molecule has 0 saturated heterocycles. The lowest BCUT2D eigenvalue weighted by atomic mass is 10.3. The Morgan fingerprint density at radius 1 is 1.80 bits per heavy atom. The maximum absolute atomic E-state index is 10.6. The molecule has 0 unspecified atom stereocenters. The number of nitrogens with one attached hydrogen (secondary N) is 1. The van der Waals surface area contributed by atoms with Crippen LogP contribution in [0.2, 0.25) is 0 Å². The predicted molar refractivity (Wildman–Crippen MR) is 41.0 cm³/mol. The van der Waals surface area contributed by atoms with Crippen molar-refractivity contribution in [1.29, 1.82) is 0 Å². The third kappa shape index (κ3) is 5.81. The zero-order chi connectivity index (χ0) is 7.28. The van der Waals surface area contributed by atoms with Crippen molar-refractivity contribution in [3.63, 3.8) is 0 Å². The molecule has 0 aliphatic carbocycles. The van der Waals surface area contributed by atoms with Crippen molar-refractivity contribution in [2.45, 2.75) is 13.0 Å². The highest BCUT2D eigenvalue weighted by atomic mass is 35.5. The third-order valence-corrected chi connectivity index (χ3v) is 0.825. The van der Waals surface area contributed by atoms with Gasteiger partial charge in [-0.1, -0.05) is 0 Å². The van der Waals surface area contributed by atoms with E-state index in [1.54, 1.807) is 6.92 Å². The van der Waals surface area contributed by atoms with Crippen molar-refractivity contribution < 1.29 is 9.90 Å². The Bertz CT molecular complexity index is 97.6. The van der Waals surface area contributed by atoms with Crippen LogP contribution in [0.1, 0.15) is 6.92 Å². The molecule has 0 spiro atoms. The van der Waals surface area contributed by atoms with Crippen molar-refractivity contribution in [2.24, 2.45) is 5.73 Å². The molecule has 0 aromatic rings. The number of aliphatic hydroxyl groups excluding tert-OH is 1. The van der Waals surface area contributed by atoms with Gasteiger partial charge in [0.05, 0.1) is 12.6 Å². The van der Waals surface area contributed by atoms with Gasteiger partial charge in [-0.15, -0.1) is 12.4 Å². The molecule has 1 atom stereocenters. The fourth-order valence-corrected chi connectivity index (χ4v) is 0.340. The van der Waals surface area contributed by atoms with Crippen LogP contribution < -0.4 is 11.1 Å². The minimum atomic E-state index is -0.489. The predicted octanol–water partition coefficient (Wildman–Crippen LogP) is -1.14. The van der Waals surface area contributed by atoms with Crippen LogP contribution in [0.3, 0.4) is 0 Å². The van der Waals surface area contributed by atoms with Gasteiger partial charge in [0.15, 0.2) is 0 Å². The number of carbonyl (C=O) groups excluding carboxylic acids is 1. The van der Waals surface area contributed by atoms with E-state index in [1.165, 1.54) is 0 Å². The second-order valence-corrected chi connectivity index (χ2v) is 1.80. The van der Waals surface area contributed by atoms with Crippen LogP contribution in [0.15, 0.2) is 0 Å². The van der Waals surface area contributed by atoms with E-state index in [2.05, 4.69) is 5.32 Å². The molecule has 0 aliphatic heterocycles. The average molecular weight is 169 g/mol. The molecular weight excluding hydrogens is 156 g/mol. The molecule has 0 rings (SSSR count). The molecule has 0 aromatic heterocycles. The second kappa shape index (κ2) is 6.80. The summed E-state index contributed by atoms with van der Waals surface area (Å²) >= 11 is 0. The standard InChI is InChI=1S/C5H12N2O2.ClH/c1-4(6)5(9)7-2-3-8;/h4,8H,2-3,6H2,1H3,(H,7,9);1H/t4-;/m0./s1. The van der Waals surface area contributed by atoms with E-state index < -0.39 is 6.04 Å². The molecule has 0 bridgehead atoms. The summed E-state index contributed by atoms with van der Waals surface area (Å²) < 4.78 is 0. The lowest BCUT2D eigenvalue weighted by Gasteiger charge is -2.04. The van der Waals surface area contributed by atoms with E-state index in [4.69, 9.17) is 10.8 Å². The van der Waals surface area contributed by atoms with Crippen LogP contribution in [-0.4, -0.2) is 30.2 Å². The second-order valence-electron chi connectivity index (χ2n) is 1.80. The largest absolute Gasteiger partial charge is 0.395 e. The molecule has 0 aliphatic rings. The first-order chi connectivity index (χ1) is 4.18. The normalized spacial score (nSPS) is 11.5. The van der Waals surface area contributed by atoms with Crippen molar-refractivity contribution in [1.82, 2.24) is 5.32 Å².